The summed E-state index contributed by atoms with van der Waals surface area (Å²) in [5.74, 6) is 0.326. The number of nitrogen functional groups attached to an aromatic ring is 1. The van der Waals surface area contributed by atoms with E-state index in [0.717, 1.165) is 17.4 Å². The zero-order valence-corrected chi connectivity index (χ0v) is 18.2. The second kappa shape index (κ2) is 8.31. The Morgan fingerprint density at radius 2 is 1.73 bits per heavy atom. The summed E-state index contributed by atoms with van der Waals surface area (Å²) >= 11 is 18.6. The minimum Gasteiger partial charge on any atom is -0.440 e. The molecule has 0 amide bonds. The van der Waals surface area contributed by atoms with E-state index in [-0.39, 0.29) is 5.92 Å². The Morgan fingerprint density at radius 1 is 1.03 bits per heavy atom. The van der Waals surface area contributed by atoms with E-state index in [1.165, 1.54) is 0 Å². The molecular formula is C23H17Cl3N2O2. The highest BCUT2D eigenvalue weighted by Gasteiger charge is 2.20. The van der Waals surface area contributed by atoms with Gasteiger partial charge < -0.3 is 14.9 Å². The molecule has 7 heteroatoms. The van der Waals surface area contributed by atoms with Crippen LogP contribution in [0.25, 0.3) is 33.5 Å². The molecule has 4 rings (SSSR count). The Hall–Kier alpha value is -2.53. The Labute approximate surface area is 188 Å². The van der Waals surface area contributed by atoms with E-state index < -0.39 is 0 Å². The van der Waals surface area contributed by atoms with E-state index in [4.69, 9.17) is 49.9 Å². The maximum Gasteiger partial charge on any atom is 0.229 e. The number of carbonyl (C=O) groups is 1. The number of anilines is 1. The van der Waals surface area contributed by atoms with Crippen LogP contribution in [0.4, 0.5) is 5.69 Å². The van der Waals surface area contributed by atoms with Crippen LogP contribution in [0.3, 0.4) is 0 Å². The molecular weight excluding hydrogens is 443 g/mol. The Balaban J connectivity index is 1.98. The fourth-order valence-electron chi connectivity index (χ4n) is 3.32. The number of benzene rings is 2. The number of furan rings is 1. The highest BCUT2D eigenvalue weighted by atomic mass is 35.5. The number of rotatable bonds is 5. The number of nitrogens with zero attached hydrogens (tertiary/aromatic N) is 1. The molecule has 0 spiro atoms. The smallest absolute Gasteiger partial charge is 0.229 e. The molecule has 30 heavy (non-hydrogen) atoms. The third kappa shape index (κ3) is 3.91. The summed E-state index contributed by atoms with van der Waals surface area (Å²) in [6, 6.07) is 14.6. The van der Waals surface area contributed by atoms with Crippen LogP contribution < -0.4 is 5.73 Å². The molecule has 0 saturated carbocycles. The van der Waals surface area contributed by atoms with Gasteiger partial charge in [0.05, 0.1) is 21.8 Å². The van der Waals surface area contributed by atoms with Crippen molar-refractivity contribution in [3.05, 3.63) is 69.4 Å². The summed E-state index contributed by atoms with van der Waals surface area (Å²) < 4.78 is 5.92. The van der Waals surface area contributed by atoms with Gasteiger partial charge in [0.1, 0.15) is 12.0 Å². The number of fused-ring (bicyclic) bond motifs is 1. The first-order chi connectivity index (χ1) is 14.4. The van der Waals surface area contributed by atoms with Gasteiger partial charge in [0.2, 0.25) is 5.71 Å². The molecule has 0 fully saturated rings. The standard InChI is InChI=1S/C23H17Cl3N2O2/c1-12(11-29)8-20-21(27)18-10-17(13-2-4-14(24)5-3-13)22(28-23(18)30-20)16-7-6-15(25)9-19(16)26/h2-7,9-12H,8,27H2,1H3. The van der Waals surface area contributed by atoms with Crippen LogP contribution in [-0.2, 0) is 11.2 Å². The van der Waals surface area contributed by atoms with Crippen molar-refractivity contribution in [2.45, 2.75) is 13.3 Å². The van der Waals surface area contributed by atoms with Crippen molar-refractivity contribution in [2.75, 3.05) is 5.73 Å². The fourth-order valence-corrected chi connectivity index (χ4v) is 3.94. The van der Waals surface area contributed by atoms with E-state index in [1.54, 1.807) is 12.1 Å². The molecule has 4 aromatic rings. The lowest BCUT2D eigenvalue weighted by molar-refractivity contribution is -0.110. The van der Waals surface area contributed by atoms with Gasteiger partial charge in [0.25, 0.3) is 0 Å². The molecule has 0 aliphatic rings. The molecule has 4 nitrogen and oxygen atoms in total. The van der Waals surface area contributed by atoms with Crippen molar-refractivity contribution in [1.29, 1.82) is 0 Å². The van der Waals surface area contributed by atoms with Crippen molar-refractivity contribution in [2.24, 2.45) is 5.92 Å². The molecule has 0 aliphatic heterocycles. The van der Waals surface area contributed by atoms with Gasteiger partial charge in [-0.2, -0.15) is 0 Å². The average molecular weight is 460 g/mol. The minimum atomic E-state index is -0.214. The largest absolute Gasteiger partial charge is 0.440 e. The van der Waals surface area contributed by atoms with Gasteiger partial charge in [-0.3, -0.25) is 0 Å². The highest BCUT2D eigenvalue weighted by Crippen LogP contribution is 2.40. The van der Waals surface area contributed by atoms with Crippen LogP contribution in [0.1, 0.15) is 12.7 Å². The predicted molar refractivity (Wildman–Crippen MR) is 123 cm³/mol. The number of nitrogens with two attached hydrogens (primary N) is 1. The number of hydrogen-bond acceptors (Lipinski definition) is 4. The Morgan fingerprint density at radius 3 is 2.40 bits per heavy atom. The topological polar surface area (TPSA) is 69.1 Å². The molecule has 2 aromatic carbocycles. The van der Waals surface area contributed by atoms with Crippen LogP contribution in [0.15, 0.2) is 52.9 Å². The summed E-state index contributed by atoms with van der Waals surface area (Å²) in [6.07, 6.45) is 1.27. The maximum absolute atomic E-state index is 11.1. The summed E-state index contributed by atoms with van der Waals surface area (Å²) in [6.45, 7) is 1.81. The normalized spacial score (nSPS) is 12.3. The van der Waals surface area contributed by atoms with Crippen molar-refractivity contribution in [3.8, 4) is 22.4 Å². The van der Waals surface area contributed by atoms with Crippen molar-refractivity contribution >= 4 is 57.9 Å². The second-order valence-electron chi connectivity index (χ2n) is 7.12. The molecule has 2 heterocycles. The van der Waals surface area contributed by atoms with E-state index in [0.29, 0.717) is 55.3 Å². The fraction of sp³-hybridized carbons (Fsp3) is 0.130. The highest BCUT2D eigenvalue weighted by molar-refractivity contribution is 6.36. The number of pyridine rings is 1. The molecule has 152 valence electrons. The maximum atomic E-state index is 11.1. The van der Waals surface area contributed by atoms with E-state index >= 15 is 0 Å². The third-order valence-corrected chi connectivity index (χ3v) is 5.68. The SMILES string of the molecule is CC(C=O)Cc1oc2nc(-c3ccc(Cl)cc3Cl)c(-c3ccc(Cl)cc3)cc2c1N. The number of aldehydes is 1. The van der Waals surface area contributed by atoms with Crippen LogP contribution in [0.2, 0.25) is 15.1 Å². The van der Waals surface area contributed by atoms with Crippen LogP contribution in [-0.4, -0.2) is 11.3 Å². The summed E-state index contributed by atoms with van der Waals surface area (Å²) in [5.41, 5.74) is 10.3. The first-order valence-corrected chi connectivity index (χ1v) is 10.4. The summed E-state index contributed by atoms with van der Waals surface area (Å²) in [5, 5.41) is 2.32. The van der Waals surface area contributed by atoms with Gasteiger partial charge in [0.15, 0.2) is 0 Å². The third-order valence-electron chi connectivity index (χ3n) is 4.88. The monoisotopic (exact) mass is 458 g/mol. The Kier molecular flexibility index (Phi) is 5.74. The van der Waals surface area contributed by atoms with Crippen LogP contribution in [0.5, 0.6) is 0 Å². The molecule has 0 saturated heterocycles. The lowest BCUT2D eigenvalue weighted by atomic mass is 9.98. The lowest BCUT2D eigenvalue weighted by Crippen LogP contribution is -2.01. The zero-order valence-electron chi connectivity index (χ0n) is 16.0. The minimum absolute atomic E-state index is 0.214. The number of aromatic nitrogens is 1. The summed E-state index contributed by atoms with van der Waals surface area (Å²) in [7, 11) is 0. The average Bonchev–Trinajstić information content (AvgIpc) is 3.02. The van der Waals surface area contributed by atoms with Crippen LogP contribution >= 0.6 is 34.8 Å². The van der Waals surface area contributed by atoms with Gasteiger partial charge in [-0.1, -0.05) is 53.9 Å². The predicted octanol–water partition coefficient (Wildman–Crippen LogP) is 7.08. The zero-order chi connectivity index (χ0) is 21.4. The lowest BCUT2D eigenvalue weighted by Gasteiger charge is -2.11. The first kappa shape index (κ1) is 20.7. The van der Waals surface area contributed by atoms with Gasteiger partial charge in [0, 0.05) is 33.5 Å². The van der Waals surface area contributed by atoms with Gasteiger partial charge in [-0.25, -0.2) is 4.98 Å². The molecule has 2 aromatic heterocycles. The summed E-state index contributed by atoms with van der Waals surface area (Å²) in [4.78, 5) is 15.8. The van der Waals surface area contributed by atoms with Crippen molar-refractivity contribution in [3.63, 3.8) is 0 Å². The molecule has 0 aliphatic carbocycles. The van der Waals surface area contributed by atoms with Crippen molar-refractivity contribution < 1.29 is 9.21 Å². The van der Waals surface area contributed by atoms with Gasteiger partial charge in [-0.15, -0.1) is 0 Å². The van der Waals surface area contributed by atoms with E-state index in [9.17, 15) is 4.79 Å². The molecule has 1 atom stereocenters. The number of halogens is 3. The van der Waals surface area contributed by atoms with Gasteiger partial charge >= 0.3 is 0 Å². The molecule has 2 N–H and O–H groups in total. The van der Waals surface area contributed by atoms with Crippen molar-refractivity contribution in [1.82, 2.24) is 4.98 Å². The van der Waals surface area contributed by atoms with E-state index in [2.05, 4.69) is 0 Å². The first-order valence-electron chi connectivity index (χ1n) is 9.26. The second-order valence-corrected chi connectivity index (χ2v) is 8.40. The quantitative estimate of drug-likeness (QED) is 0.324. The molecule has 0 radical (unpaired) electrons. The molecule has 1 unspecified atom stereocenters. The molecule has 0 bridgehead atoms. The van der Waals surface area contributed by atoms with Gasteiger partial charge in [-0.05, 0) is 42.0 Å². The van der Waals surface area contributed by atoms with E-state index in [1.807, 2.05) is 43.3 Å². The number of carbonyl (C=O) groups excluding carboxylic acids is 1. The Bertz CT molecular complexity index is 1250. The van der Waals surface area contributed by atoms with Crippen LogP contribution in [0, 0.1) is 5.92 Å². The number of hydrogen-bond donors (Lipinski definition) is 1.